The number of thioether (sulfide) groups is 1. The molecule has 6 atom stereocenters. The summed E-state index contributed by atoms with van der Waals surface area (Å²) in [5, 5.41) is 22.7. The molecule has 2 fully saturated rings. The minimum Gasteiger partial charge on any atom is -0.507 e. The molecule has 0 aliphatic carbocycles. The van der Waals surface area contributed by atoms with Gasteiger partial charge in [0.2, 0.25) is 12.6 Å². The number of esters is 1. The van der Waals surface area contributed by atoms with Gasteiger partial charge in [0, 0.05) is 22.3 Å². The van der Waals surface area contributed by atoms with Gasteiger partial charge in [0.1, 0.15) is 18.4 Å². The van der Waals surface area contributed by atoms with Crippen molar-refractivity contribution in [1.82, 2.24) is 9.80 Å². The molecule has 4 bridgehead atoms. The fraction of sp³-hybridized carbons (Fsp3) is 0.483. The van der Waals surface area contributed by atoms with Gasteiger partial charge >= 0.3 is 5.97 Å². The van der Waals surface area contributed by atoms with Crippen LogP contribution >= 0.6 is 11.8 Å². The summed E-state index contributed by atoms with van der Waals surface area (Å²) < 4.78 is 22.9. The van der Waals surface area contributed by atoms with Crippen LogP contribution in [-0.2, 0) is 20.7 Å². The fourth-order valence-corrected chi connectivity index (χ4v) is 8.94. The number of carbonyl (C=O) groups excluding carboxylic acids is 2. The van der Waals surface area contributed by atoms with Gasteiger partial charge in [-0.25, -0.2) is 16.3 Å². The lowest BCUT2D eigenvalue weighted by Crippen LogP contribution is -2.68. The number of rotatable bonds is 1. The molecule has 7 rings (SSSR count). The van der Waals surface area contributed by atoms with Crippen molar-refractivity contribution in [3.8, 4) is 28.7 Å². The molecule has 11 nitrogen and oxygen atoms in total. The fourth-order valence-electron chi connectivity index (χ4n) is 7.60. The average molecular weight is 580 g/mol. The quantitative estimate of drug-likeness (QED) is 0.295. The van der Waals surface area contributed by atoms with E-state index in [1.54, 1.807) is 6.92 Å². The standard InChI is InChI=1S/C29H29N3O8S/c1-11-6-13-7-14-28(30-3)32-15-8-38-29(36)16(33)9-41-27(19-18(15)26-25(39-10-40-26)12(2)22(19)34)21(32)20(31(14)4)17(13)23(35)24(11)37-5/h6,14-15,20-21,27-28,34-35H,7-10H2,1-2,4-5H3/t14-,15-,20+,21?,27+,28+/m0/s1. The number of phenols is 2. The Labute approximate surface area is 240 Å². The van der Waals surface area contributed by atoms with Crippen molar-refractivity contribution >= 4 is 23.5 Å². The second kappa shape index (κ2) is 9.17. The minimum absolute atomic E-state index is 0.0247. The number of hydrogen-bond donors (Lipinski definition) is 2. The van der Waals surface area contributed by atoms with Crippen LogP contribution in [0.3, 0.4) is 0 Å². The van der Waals surface area contributed by atoms with Crippen LogP contribution in [-0.4, -0.2) is 83.3 Å². The average Bonchev–Trinajstić information content (AvgIpc) is 3.44. The normalized spacial score (nSPS) is 30.1. The number of aromatic hydroxyl groups is 2. The van der Waals surface area contributed by atoms with E-state index in [4.69, 9.17) is 25.5 Å². The van der Waals surface area contributed by atoms with Crippen LogP contribution in [0.5, 0.6) is 28.7 Å². The third-order valence-electron chi connectivity index (χ3n) is 9.29. The SMILES string of the molecule is [C-]#[N+][C@H]1[C@@H]2Cc3cc(C)c(OC)c(O)c3[C@H](C3[C@@H]4SCC(=O)C(=O)OC[C@@H](c5c6c(c(C)c(O)c54)OCO6)N31)N2C. The molecule has 0 radical (unpaired) electrons. The highest BCUT2D eigenvalue weighted by Gasteiger charge is 2.62. The predicted octanol–water partition coefficient (Wildman–Crippen LogP) is 2.93. The highest BCUT2D eigenvalue weighted by molar-refractivity contribution is 8.00. The van der Waals surface area contributed by atoms with Crippen LogP contribution in [0.1, 0.15) is 50.7 Å². The third-order valence-corrected chi connectivity index (χ3v) is 10.6. The first-order valence-electron chi connectivity index (χ1n) is 13.4. The molecule has 41 heavy (non-hydrogen) atoms. The van der Waals surface area contributed by atoms with Crippen molar-refractivity contribution in [2.75, 3.05) is 33.3 Å². The summed E-state index contributed by atoms with van der Waals surface area (Å²) in [6.07, 6.45) is -0.140. The lowest BCUT2D eigenvalue weighted by molar-refractivity contribution is -0.157. The molecule has 214 valence electrons. The largest absolute Gasteiger partial charge is 0.507 e. The maximum absolute atomic E-state index is 12.8. The number of fused-ring (bicyclic) bond motifs is 9. The molecular weight excluding hydrogens is 550 g/mol. The van der Waals surface area contributed by atoms with Gasteiger partial charge in [0.15, 0.2) is 23.0 Å². The van der Waals surface area contributed by atoms with Crippen LogP contribution in [0.25, 0.3) is 4.85 Å². The summed E-state index contributed by atoms with van der Waals surface area (Å²) in [5.41, 5.74) is 4.15. The number of Topliss-reactive ketones (excluding diaryl/α,β-unsaturated/α-hetero) is 1. The van der Waals surface area contributed by atoms with Crippen LogP contribution in [0.15, 0.2) is 6.07 Å². The number of likely N-dealkylation sites (N-methyl/N-ethyl adjacent to an activating group) is 1. The third kappa shape index (κ3) is 3.40. The van der Waals surface area contributed by atoms with E-state index in [1.807, 2.05) is 20.0 Å². The number of cyclic esters (lactones) is 1. The molecule has 2 aromatic rings. The topological polar surface area (TPSA) is 122 Å². The predicted molar refractivity (Wildman–Crippen MR) is 146 cm³/mol. The summed E-state index contributed by atoms with van der Waals surface area (Å²) in [4.78, 5) is 33.7. The minimum atomic E-state index is -0.926. The van der Waals surface area contributed by atoms with Gasteiger partial charge in [-0.15, -0.1) is 11.8 Å². The Morgan fingerprint density at radius 1 is 1.10 bits per heavy atom. The van der Waals surface area contributed by atoms with E-state index in [1.165, 1.54) is 18.9 Å². The number of phenolic OH excluding ortho intramolecular Hbond substituents is 2. The van der Waals surface area contributed by atoms with Gasteiger partial charge in [0.25, 0.3) is 6.17 Å². The van der Waals surface area contributed by atoms with Crippen molar-refractivity contribution in [2.45, 2.75) is 55.9 Å². The molecular formula is C29H29N3O8S. The van der Waals surface area contributed by atoms with Crippen LogP contribution in [0, 0.1) is 20.4 Å². The first-order valence-corrected chi connectivity index (χ1v) is 14.5. The molecule has 12 heteroatoms. The number of nitrogens with zero attached hydrogens (tertiary/aromatic N) is 3. The second-order valence-electron chi connectivity index (χ2n) is 11.1. The Bertz CT molecular complexity index is 1570. The van der Waals surface area contributed by atoms with E-state index < -0.39 is 41.3 Å². The first kappa shape index (κ1) is 26.3. The molecule has 2 N–H and O–H groups in total. The number of methoxy groups -OCH3 is 1. The monoisotopic (exact) mass is 579 g/mol. The summed E-state index contributed by atoms with van der Waals surface area (Å²) in [5.74, 6) is -0.430. The molecule has 5 aliphatic heterocycles. The number of hydrogen-bond acceptors (Lipinski definition) is 11. The summed E-state index contributed by atoms with van der Waals surface area (Å²) in [6.45, 7) is 11.8. The lowest BCUT2D eigenvalue weighted by atomic mass is 9.72. The number of benzene rings is 2. The molecule has 2 aromatic carbocycles. The van der Waals surface area contributed by atoms with Gasteiger partial charge in [-0.2, -0.15) is 0 Å². The zero-order valence-electron chi connectivity index (χ0n) is 23.0. The van der Waals surface area contributed by atoms with E-state index in [9.17, 15) is 19.8 Å². The second-order valence-corrected chi connectivity index (χ2v) is 12.3. The Morgan fingerprint density at radius 3 is 2.59 bits per heavy atom. The van der Waals surface area contributed by atoms with Crippen molar-refractivity contribution in [1.29, 1.82) is 0 Å². The number of aryl methyl sites for hydroxylation is 1. The van der Waals surface area contributed by atoms with Gasteiger partial charge < -0.3 is 29.2 Å². The van der Waals surface area contributed by atoms with Crippen molar-refractivity contribution in [3.63, 3.8) is 0 Å². The summed E-state index contributed by atoms with van der Waals surface area (Å²) in [7, 11) is 3.47. The highest BCUT2D eigenvalue weighted by atomic mass is 32.2. The van der Waals surface area contributed by atoms with Crippen molar-refractivity contribution < 1.29 is 38.7 Å². The number of ketones is 1. The zero-order valence-corrected chi connectivity index (χ0v) is 23.8. The van der Waals surface area contributed by atoms with Crippen molar-refractivity contribution in [3.05, 3.63) is 50.9 Å². The van der Waals surface area contributed by atoms with Gasteiger partial charge in [0.05, 0.1) is 36.2 Å². The zero-order chi connectivity index (χ0) is 28.9. The van der Waals surface area contributed by atoms with Gasteiger partial charge in [-0.3, -0.25) is 14.5 Å². The van der Waals surface area contributed by atoms with E-state index in [0.29, 0.717) is 45.9 Å². The van der Waals surface area contributed by atoms with Crippen LogP contribution in [0.4, 0.5) is 0 Å². The molecule has 5 aliphatic rings. The van der Waals surface area contributed by atoms with E-state index in [2.05, 4.69) is 14.6 Å². The van der Waals surface area contributed by atoms with E-state index >= 15 is 0 Å². The molecule has 0 amide bonds. The molecule has 0 saturated carbocycles. The highest BCUT2D eigenvalue weighted by Crippen LogP contribution is 2.63. The van der Waals surface area contributed by atoms with Crippen molar-refractivity contribution in [2.24, 2.45) is 0 Å². The molecule has 0 aromatic heterocycles. The first-order chi connectivity index (χ1) is 19.7. The summed E-state index contributed by atoms with van der Waals surface area (Å²) >= 11 is 1.23. The molecule has 0 spiro atoms. The number of carbonyl (C=O) groups is 2. The smallest absolute Gasteiger partial charge is 0.375 e. The van der Waals surface area contributed by atoms with E-state index in [-0.39, 0.29) is 36.7 Å². The van der Waals surface area contributed by atoms with Gasteiger partial charge in [-0.05, 0) is 38.4 Å². The summed E-state index contributed by atoms with van der Waals surface area (Å²) in [6, 6.07) is 0.137. The van der Waals surface area contributed by atoms with Crippen LogP contribution < -0.4 is 14.2 Å². The molecule has 2 saturated heterocycles. The van der Waals surface area contributed by atoms with Crippen LogP contribution in [0.2, 0.25) is 0 Å². The lowest BCUT2D eigenvalue weighted by Gasteiger charge is -2.59. The van der Waals surface area contributed by atoms with Gasteiger partial charge in [-0.1, -0.05) is 6.07 Å². The number of piperazine rings is 1. The Kier molecular flexibility index (Phi) is 5.87. The Morgan fingerprint density at radius 2 is 1.85 bits per heavy atom. The Hall–Kier alpha value is -3.66. The number of ether oxygens (including phenoxy) is 4. The van der Waals surface area contributed by atoms with E-state index in [0.717, 1.165) is 11.1 Å². The Balaban J connectivity index is 1.55. The maximum atomic E-state index is 12.8. The molecule has 1 unspecified atom stereocenters. The maximum Gasteiger partial charge on any atom is 0.375 e. The molecule has 5 heterocycles.